The number of amides is 1. The van der Waals surface area contributed by atoms with Crippen LogP contribution in [0.4, 0.5) is 0 Å². The van der Waals surface area contributed by atoms with Crippen molar-refractivity contribution in [2.75, 3.05) is 13.6 Å². The first-order valence-electron chi connectivity index (χ1n) is 5.33. The number of carbonyl (C=O) groups is 1. The van der Waals surface area contributed by atoms with E-state index >= 15 is 0 Å². The van der Waals surface area contributed by atoms with Crippen molar-refractivity contribution in [1.82, 2.24) is 9.88 Å². The lowest BCUT2D eigenvalue weighted by molar-refractivity contribution is 0.0787. The maximum Gasteiger partial charge on any atom is 0.272 e. The maximum absolute atomic E-state index is 12.0. The minimum absolute atomic E-state index is 0.0459. The average Bonchev–Trinajstić information content (AvgIpc) is 2.25. The normalized spacial score (nSPS) is 12.2. The summed E-state index contributed by atoms with van der Waals surface area (Å²) in [5.74, 6) is -0.0459. The van der Waals surface area contributed by atoms with E-state index in [1.54, 1.807) is 18.1 Å². The predicted octanol–water partition coefficient (Wildman–Crippen LogP) is 2.48. The Morgan fingerprint density at radius 3 is 2.88 bits per heavy atom. The Balaban J connectivity index is 2.67. The lowest BCUT2D eigenvalue weighted by Gasteiger charge is -2.18. The molecule has 1 rings (SSSR count). The van der Waals surface area contributed by atoms with Crippen LogP contribution in [-0.2, 0) is 0 Å². The van der Waals surface area contributed by atoms with Crippen LogP contribution in [0.25, 0.3) is 0 Å². The molecule has 1 unspecified atom stereocenters. The van der Waals surface area contributed by atoms with Crippen LogP contribution in [0.3, 0.4) is 0 Å². The topological polar surface area (TPSA) is 33.2 Å². The number of alkyl halides is 1. The van der Waals surface area contributed by atoms with Crippen molar-refractivity contribution in [3.8, 4) is 0 Å². The number of pyridine rings is 1. The number of aromatic nitrogens is 1. The van der Waals surface area contributed by atoms with Crippen molar-refractivity contribution in [3.63, 3.8) is 0 Å². The molecule has 1 aromatic rings. The van der Waals surface area contributed by atoms with E-state index in [0.717, 1.165) is 12.0 Å². The van der Waals surface area contributed by atoms with E-state index in [0.29, 0.717) is 12.2 Å². The molecule has 0 fully saturated rings. The fourth-order valence-electron chi connectivity index (χ4n) is 1.36. The molecule has 1 amide bonds. The summed E-state index contributed by atoms with van der Waals surface area (Å²) >= 11 is 5.85. The summed E-state index contributed by atoms with van der Waals surface area (Å²) in [6, 6.07) is 3.71. The SMILES string of the molecule is Cc1cccnc1C(=O)N(C)CCC(C)Cl. The fourth-order valence-corrected chi connectivity index (χ4v) is 1.46. The minimum atomic E-state index is -0.0459. The highest BCUT2D eigenvalue weighted by Gasteiger charge is 2.15. The quantitative estimate of drug-likeness (QED) is 0.758. The molecule has 0 radical (unpaired) electrons. The van der Waals surface area contributed by atoms with Crippen LogP contribution in [-0.4, -0.2) is 34.8 Å². The zero-order chi connectivity index (χ0) is 12.1. The summed E-state index contributed by atoms with van der Waals surface area (Å²) in [5, 5.41) is 0.0834. The average molecular weight is 241 g/mol. The van der Waals surface area contributed by atoms with E-state index in [1.165, 1.54) is 0 Å². The molecular formula is C12H17ClN2O. The Bertz CT molecular complexity index is 366. The fraction of sp³-hybridized carbons (Fsp3) is 0.500. The summed E-state index contributed by atoms with van der Waals surface area (Å²) < 4.78 is 0. The molecule has 0 saturated heterocycles. The lowest BCUT2D eigenvalue weighted by Crippen LogP contribution is -2.30. The molecule has 4 heteroatoms. The Morgan fingerprint density at radius 1 is 1.62 bits per heavy atom. The smallest absolute Gasteiger partial charge is 0.272 e. The summed E-state index contributed by atoms with van der Waals surface area (Å²) in [7, 11) is 1.77. The number of halogens is 1. The first-order chi connectivity index (χ1) is 7.52. The van der Waals surface area contributed by atoms with Gasteiger partial charge in [0.25, 0.3) is 5.91 Å². The summed E-state index contributed by atoms with van der Waals surface area (Å²) in [5.41, 5.74) is 1.42. The highest BCUT2D eigenvalue weighted by molar-refractivity contribution is 6.20. The van der Waals surface area contributed by atoms with Crippen LogP contribution in [0.5, 0.6) is 0 Å². The number of hydrogen-bond acceptors (Lipinski definition) is 2. The molecule has 88 valence electrons. The molecule has 0 aliphatic rings. The van der Waals surface area contributed by atoms with Crippen LogP contribution in [0, 0.1) is 6.92 Å². The van der Waals surface area contributed by atoms with Gasteiger partial charge < -0.3 is 4.90 Å². The summed E-state index contributed by atoms with van der Waals surface area (Å²) in [6.45, 7) is 4.46. The van der Waals surface area contributed by atoms with E-state index < -0.39 is 0 Å². The third-order valence-corrected chi connectivity index (χ3v) is 2.64. The second-order valence-electron chi connectivity index (χ2n) is 3.97. The van der Waals surface area contributed by atoms with Crippen LogP contribution in [0.2, 0.25) is 0 Å². The van der Waals surface area contributed by atoms with Crippen molar-refractivity contribution >= 4 is 17.5 Å². The van der Waals surface area contributed by atoms with Crippen molar-refractivity contribution in [2.45, 2.75) is 25.6 Å². The molecule has 16 heavy (non-hydrogen) atoms. The molecule has 0 bridgehead atoms. The van der Waals surface area contributed by atoms with Crippen molar-refractivity contribution in [2.24, 2.45) is 0 Å². The largest absolute Gasteiger partial charge is 0.340 e. The van der Waals surface area contributed by atoms with Gasteiger partial charge in [-0.05, 0) is 31.9 Å². The van der Waals surface area contributed by atoms with Gasteiger partial charge in [0.15, 0.2) is 0 Å². The first kappa shape index (κ1) is 13.0. The highest BCUT2D eigenvalue weighted by Crippen LogP contribution is 2.08. The number of aryl methyl sites for hydroxylation is 1. The van der Waals surface area contributed by atoms with Gasteiger partial charge in [0, 0.05) is 25.2 Å². The van der Waals surface area contributed by atoms with Crippen LogP contribution in [0.15, 0.2) is 18.3 Å². The molecule has 1 atom stereocenters. The highest BCUT2D eigenvalue weighted by atomic mass is 35.5. The van der Waals surface area contributed by atoms with Gasteiger partial charge in [-0.3, -0.25) is 9.78 Å². The zero-order valence-corrected chi connectivity index (χ0v) is 10.7. The number of carbonyl (C=O) groups excluding carboxylic acids is 1. The van der Waals surface area contributed by atoms with Gasteiger partial charge in [0.1, 0.15) is 5.69 Å². The van der Waals surface area contributed by atoms with Crippen molar-refractivity contribution in [3.05, 3.63) is 29.6 Å². The standard InChI is InChI=1S/C12H17ClN2O/c1-9-5-4-7-14-11(9)12(16)15(3)8-6-10(2)13/h4-5,7,10H,6,8H2,1-3H3. The number of hydrogen-bond donors (Lipinski definition) is 0. The summed E-state index contributed by atoms with van der Waals surface area (Å²) in [6.07, 6.45) is 2.42. The minimum Gasteiger partial charge on any atom is -0.340 e. The van der Waals surface area contributed by atoms with Crippen LogP contribution >= 0.6 is 11.6 Å². The molecule has 0 aliphatic heterocycles. The van der Waals surface area contributed by atoms with Crippen molar-refractivity contribution < 1.29 is 4.79 Å². The monoisotopic (exact) mass is 240 g/mol. The Hall–Kier alpha value is -1.09. The van der Waals surface area contributed by atoms with E-state index in [9.17, 15) is 4.79 Å². The van der Waals surface area contributed by atoms with E-state index in [2.05, 4.69) is 4.98 Å². The molecule has 0 aromatic carbocycles. The van der Waals surface area contributed by atoms with Crippen LogP contribution in [0.1, 0.15) is 29.4 Å². The van der Waals surface area contributed by atoms with Gasteiger partial charge in [0.05, 0.1) is 0 Å². The maximum atomic E-state index is 12.0. The molecule has 0 saturated carbocycles. The van der Waals surface area contributed by atoms with E-state index in [-0.39, 0.29) is 11.3 Å². The van der Waals surface area contributed by atoms with Gasteiger partial charge in [-0.1, -0.05) is 6.07 Å². The third kappa shape index (κ3) is 3.49. The first-order valence-corrected chi connectivity index (χ1v) is 5.77. The molecule has 0 spiro atoms. The Morgan fingerprint density at radius 2 is 2.31 bits per heavy atom. The molecular weight excluding hydrogens is 224 g/mol. The van der Waals surface area contributed by atoms with Crippen LogP contribution < -0.4 is 0 Å². The Labute approximate surface area is 101 Å². The van der Waals surface area contributed by atoms with Gasteiger partial charge >= 0.3 is 0 Å². The molecule has 1 aromatic heterocycles. The number of nitrogens with zero attached hydrogens (tertiary/aromatic N) is 2. The second-order valence-corrected chi connectivity index (χ2v) is 4.71. The molecule has 1 heterocycles. The molecule has 3 nitrogen and oxygen atoms in total. The van der Waals surface area contributed by atoms with Gasteiger partial charge in [0.2, 0.25) is 0 Å². The number of rotatable bonds is 4. The van der Waals surface area contributed by atoms with E-state index in [4.69, 9.17) is 11.6 Å². The lowest BCUT2D eigenvalue weighted by atomic mass is 10.2. The zero-order valence-electron chi connectivity index (χ0n) is 9.90. The predicted molar refractivity (Wildman–Crippen MR) is 65.9 cm³/mol. The molecule has 0 N–H and O–H groups in total. The van der Waals surface area contributed by atoms with Gasteiger partial charge in [-0.2, -0.15) is 0 Å². The third-order valence-electron chi connectivity index (χ3n) is 2.42. The van der Waals surface area contributed by atoms with Gasteiger partial charge in [-0.25, -0.2) is 0 Å². The van der Waals surface area contributed by atoms with E-state index in [1.807, 2.05) is 26.0 Å². The second kappa shape index (κ2) is 5.85. The van der Waals surface area contributed by atoms with Crippen molar-refractivity contribution in [1.29, 1.82) is 0 Å². The summed E-state index contributed by atoms with van der Waals surface area (Å²) in [4.78, 5) is 17.8. The Kier molecular flexibility index (Phi) is 4.74. The van der Waals surface area contributed by atoms with Gasteiger partial charge in [-0.15, -0.1) is 11.6 Å². The molecule has 0 aliphatic carbocycles.